The zero-order chi connectivity index (χ0) is 16.3. The van der Waals surface area contributed by atoms with Crippen molar-refractivity contribution < 1.29 is 0 Å². The number of nitrogens with two attached hydrogens (primary N) is 1. The van der Waals surface area contributed by atoms with Gasteiger partial charge >= 0.3 is 0 Å². The highest BCUT2D eigenvalue weighted by molar-refractivity contribution is 5.86. The lowest BCUT2D eigenvalue weighted by molar-refractivity contribution is 1.25. The maximum Gasteiger partial charge on any atom is 0.0411 e. The Bertz CT molecular complexity index is 766. The second-order valence-corrected chi connectivity index (χ2v) is 5.47. The number of nitrogens with one attached hydrogen (secondary N) is 2. The van der Waals surface area contributed by atoms with Crippen molar-refractivity contribution in [3.8, 4) is 0 Å². The van der Waals surface area contributed by atoms with Crippen LogP contribution in [0.2, 0.25) is 0 Å². The van der Waals surface area contributed by atoms with E-state index in [1.54, 1.807) is 0 Å². The third-order valence-electron chi connectivity index (χ3n) is 3.76. The molecule has 0 atom stereocenters. The van der Waals surface area contributed by atoms with Crippen LogP contribution < -0.4 is 5.73 Å². The Morgan fingerprint density at radius 2 is 1.91 bits per heavy atom. The summed E-state index contributed by atoms with van der Waals surface area (Å²) in [6.07, 6.45) is 9.71. The number of H-pyrrole nitrogens is 2. The van der Waals surface area contributed by atoms with Crippen molar-refractivity contribution >= 4 is 17.3 Å². The Kier molecular flexibility index (Phi) is 4.56. The highest BCUT2D eigenvalue weighted by Gasteiger charge is 2.09. The standard InChI is InChI=1S/C19H23N3/c1-6-12(2)9-17-15(5)22-11-18(17)13(3)10-19(20)16-7-8-21-14(16)4/h6-11,21-22H,1,3,20H2,2,4-5H3/b12-9-,19-10+. The van der Waals surface area contributed by atoms with Gasteiger partial charge < -0.3 is 15.7 Å². The third kappa shape index (κ3) is 3.14. The SMILES string of the molecule is C=C/C(C)=C\c1c(C(=C)/C=C(/N)c2cc[nH]c2C)c[nH]c1C. The minimum atomic E-state index is 0.706. The molecule has 4 N–H and O–H groups in total. The van der Waals surface area contributed by atoms with Gasteiger partial charge in [0.05, 0.1) is 0 Å². The molecule has 0 aliphatic heterocycles. The van der Waals surface area contributed by atoms with Gasteiger partial charge in [0.1, 0.15) is 0 Å². The molecule has 3 heteroatoms. The summed E-state index contributed by atoms with van der Waals surface area (Å²) in [5, 5.41) is 0. The van der Waals surface area contributed by atoms with Gasteiger partial charge in [-0.25, -0.2) is 0 Å². The molecule has 2 aromatic rings. The molecule has 114 valence electrons. The fourth-order valence-corrected chi connectivity index (χ4v) is 2.38. The highest BCUT2D eigenvalue weighted by atomic mass is 14.7. The van der Waals surface area contributed by atoms with E-state index in [1.807, 2.05) is 51.4 Å². The Labute approximate surface area is 132 Å². The molecule has 0 saturated heterocycles. The zero-order valence-electron chi connectivity index (χ0n) is 13.5. The lowest BCUT2D eigenvalue weighted by atomic mass is 10.0. The maximum absolute atomic E-state index is 6.20. The first-order valence-electron chi connectivity index (χ1n) is 7.23. The van der Waals surface area contributed by atoms with Crippen LogP contribution in [0, 0.1) is 13.8 Å². The summed E-state index contributed by atoms with van der Waals surface area (Å²) in [7, 11) is 0. The molecule has 0 aliphatic rings. The fraction of sp³-hybridized carbons (Fsp3) is 0.158. The molecule has 0 aromatic carbocycles. The van der Waals surface area contributed by atoms with E-state index in [2.05, 4.69) is 29.2 Å². The van der Waals surface area contributed by atoms with Crippen LogP contribution in [0.25, 0.3) is 17.3 Å². The number of hydrogen-bond donors (Lipinski definition) is 3. The quantitative estimate of drug-likeness (QED) is 0.695. The summed E-state index contributed by atoms with van der Waals surface area (Å²) in [5.74, 6) is 0. The van der Waals surface area contributed by atoms with Crippen molar-refractivity contribution in [3.63, 3.8) is 0 Å². The molecule has 22 heavy (non-hydrogen) atoms. The maximum atomic E-state index is 6.20. The predicted octanol–water partition coefficient (Wildman–Crippen LogP) is 4.56. The Morgan fingerprint density at radius 3 is 2.50 bits per heavy atom. The number of allylic oxidation sites excluding steroid dienone is 4. The third-order valence-corrected chi connectivity index (χ3v) is 3.76. The lowest BCUT2D eigenvalue weighted by Gasteiger charge is -2.05. The highest BCUT2D eigenvalue weighted by Crippen LogP contribution is 2.26. The topological polar surface area (TPSA) is 57.6 Å². The van der Waals surface area contributed by atoms with Gasteiger partial charge in [0.25, 0.3) is 0 Å². The van der Waals surface area contributed by atoms with Crippen molar-refractivity contribution in [2.24, 2.45) is 5.73 Å². The summed E-state index contributed by atoms with van der Waals surface area (Å²) in [5.41, 5.74) is 14.2. The van der Waals surface area contributed by atoms with Gasteiger partial charge in [-0.05, 0) is 44.6 Å². The summed E-state index contributed by atoms with van der Waals surface area (Å²) < 4.78 is 0. The van der Waals surface area contributed by atoms with Crippen LogP contribution in [-0.4, -0.2) is 9.97 Å². The van der Waals surface area contributed by atoms with Crippen LogP contribution in [-0.2, 0) is 0 Å². The van der Waals surface area contributed by atoms with Crippen LogP contribution in [0.15, 0.2) is 49.3 Å². The molecule has 0 bridgehead atoms. The molecule has 2 heterocycles. The van der Waals surface area contributed by atoms with Crippen LogP contribution in [0.4, 0.5) is 0 Å². The molecule has 0 amide bonds. The summed E-state index contributed by atoms with van der Waals surface area (Å²) in [4.78, 5) is 6.39. The Hall–Kier alpha value is -2.68. The van der Waals surface area contributed by atoms with E-state index in [-0.39, 0.29) is 0 Å². The number of aromatic nitrogens is 2. The minimum absolute atomic E-state index is 0.706. The van der Waals surface area contributed by atoms with Crippen molar-refractivity contribution in [2.45, 2.75) is 20.8 Å². The van der Waals surface area contributed by atoms with Gasteiger partial charge in [-0.2, -0.15) is 0 Å². The molecule has 3 nitrogen and oxygen atoms in total. The van der Waals surface area contributed by atoms with Crippen LogP contribution in [0.5, 0.6) is 0 Å². The largest absolute Gasteiger partial charge is 0.398 e. The van der Waals surface area contributed by atoms with E-state index in [4.69, 9.17) is 5.73 Å². The number of aromatic amines is 2. The molecular formula is C19H23N3. The molecule has 0 saturated carbocycles. The summed E-state index contributed by atoms with van der Waals surface area (Å²) in [6.45, 7) is 14.0. The van der Waals surface area contributed by atoms with Gasteiger partial charge in [0.2, 0.25) is 0 Å². The summed E-state index contributed by atoms with van der Waals surface area (Å²) >= 11 is 0. The van der Waals surface area contributed by atoms with E-state index in [1.165, 1.54) is 0 Å². The monoisotopic (exact) mass is 293 g/mol. The van der Waals surface area contributed by atoms with Crippen molar-refractivity contribution in [3.05, 3.63) is 77.4 Å². The average molecular weight is 293 g/mol. The molecule has 0 aliphatic carbocycles. The molecule has 0 fully saturated rings. The van der Waals surface area contributed by atoms with Crippen LogP contribution in [0.3, 0.4) is 0 Å². The van der Waals surface area contributed by atoms with E-state index >= 15 is 0 Å². The van der Waals surface area contributed by atoms with Gasteiger partial charge in [-0.1, -0.05) is 24.8 Å². The number of hydrogen-bond acceptors (Lipinski definition) is 1. The average Bonchev–Trinajstić information content (AvgIpc) is 3.05. The lowest BCUT2D eigenvalue weighted by Crippen LogP contribution is -1.97. The van der Waals surface area contributed by atoms with Gasteiger partial charge in [-0.15, -0.1) is 0 Å². The molecule has 2 rings (SSSR count). The van der Waals surface area contributed by atoms with E-state index in [0.717, 1.165) is 39.2 Å². The Balaban J connectivity index is 2.39. The van der Waals surface area contributed by atoms with E-state index in [9.17, 15) is 0 Å². The normalized spacial score (nSPS) is 12.5. The van der Waals surface area contributed by atoms with Gasteiger partial charge in [-0.3, -0.25) is 0 Å². The van der Waals surface area contributed by atoms with Gasteiger partial charge in [0, 0.05) is 46.2 Å². The number of rotatable bonds is 5. The summed E-state index contributed by atoms with van der Waals surface area (Å²) in [6, 6.07) is 1.97. The van der Waals surface area contributed by atoms with Crippen molar-refractivity contribution in [1.82, 2.24) is 9.97 Å². The minimum Gasteiger partial charge on any atom is -0.398 e. The first kappa shape index (κ1) is 15.7. The van der Waals surface area contributed by atoms with Crippen molar-refractivity contribution in [2.75, 3.05) is 0 Å². The van der Waals surface area contributed by atoms with Gasteiger partial charge in [0.15, 0.2) is 0 Å². The molecule has 0 unspecified atom stereocenters. The number of aryl methyl sites for hydroxylation is 2. The zero-order valence-corrected chi connectivity index (χ0v) is 13.5. The predicted molar refractivity (Wildman–Crippen MR) is 96.1 cm³/mol. The van der Waals surface area contributed by atoms with Crippen LogP contribution in [0.1, 0.15) is 35.0 Å². The second kappa shape index (κ2) is 6.39. The molecule has 0 spiro atoms. The second-order valence-electron chi connectivity index (χ2n) is 5.47. The van der Waals surface area contributed by atoms with Crippen molar-refractivity contribution in [1.29, 1.82) is 0 Å². The Morgan fingerprint density at radius 1 is 1.18 bits per heavy atom. The fourth-order valence-electron chi connectivity index (χ4n) is 2.38. The first-order chi connectivity index (χ1) is 10.4. The van der Waals surface area contributed by atoms with E-state index < -0.39 is 0 Å². The van der Waals surface area contributed by atoms with Crippen LogP contribution >= 0.6 is 0 Å². The molecule has 2 aromatic heterocycles. The molecule has 0 radical (unpaired) electrons. The smallest absolute Gasteiger partial charge is 0.0411 e. The van der Waals surface area contributed by atoms with E-state index in [0.29, 0.717) is 5.70 Å². The first-order valence-corrected chi connectivity index (χ1v) is 7.23. The molecular weight excluding hydrogens is 270 g/mol.